The number of nitrogens with one attached hydrogen (secondary N) is 1. The summed E-state index contributed by atoms with van der Waals surface area (Å²) in [6.45, 7) is 0.290. The Morgan fingerprint density at radius 3 is 2.48 bits per heavy atom. The molecule has 21 heavy (non-hydrogen) atoms. The third-order valence-corrected chi connectivity index (χ3v) is 3.23. The first kappa shape index (κ1) is 15.2. The number of rotatable bonds is 6. The van der Waals surface area contributed by atoms with Gasteiger partial charge in [-0.1, -0.05) is 41.9 Å². The summed E-state index contributed by atoms with van der Waals surface area (Å²) in [4.78, 5) is 11.8. The number of methoxy groups -OCH3 is 1. The zero-order chi connectivity index (χ0) is 15.1. The maximum atomic E-state index is 11.8. The molecule has 0 heterocycles. The van der Waals surface area contributed by atoms with Crippen LogP contribution in [0.15, 0.2) is 48.5 Å². The number of hydrogen-bond acceptors (Lipinski definition) is 3. The van der Waals surface area contributed by atoms with E-state index in [0.29, 0.717) is 23.1 Å². The van der Waals surface area contributed by atoms with Crippen LogP contribution in [-0.4, -0.2) is 19.6 Å². The summed E-state index contributed by atoms with van der Waals surface area (Å²) in [5.41, 5.74) is 0.866. The SMILES string of the molecule is COc1ccccc1OCC(=O)NCc1ccccc1Cl. The molecule has 0 unspecified atom stereocenters. The molecule has 1 N–H and O–H groups in total. The lowest BCUT2D eigenvalue weighted by atomic mass is 10.2. The Morgan fingerprint density at radius 2 is 1.76 bits per heavy atom. The minimum Gasteiger partial charge on any atom is -0.493 e. The Hall–Kier alpha value is -2.20. The first-order valence-corrected chi connectivity index (χ1v) is 6.84. The predicted molar refractivity (Wildman–Crippen MR) is 81.8 cm³/mol. The summed E-state index contributed by atoms with van der Waals surface area (Å²) in [6, 6.07) is 14.6. The van der Waals surface area contributed by atoms with Crippen LogP contribution >= 0.6 is 11.6 Å². The molecular weight excluding hydrogens is 290 g/mol. The molecule has 2 aromatic rings. The number of para-hydroxylation sites is 2. The van der Waals surface area contributed by atoms with Gasteiger partial charge in [0, 0.05) is 11.6 Å². The van der Waals surface area contributed by atoms with Crippen molar-refractivity contribution >= 4 is 17.5 Å². The molecule has 2 rings (SSSR count). The summed E-state index contributed by atoms with van der Waals surface area (Å²) in [5, 5.41) is 3.39. The fraction of sp³-hybridized carbons (Fsp3) is 0.188. The minimum absolute atomic E-state index is 0.0785. The van der Waals surface area contributed by atoms with Crippen molar-refractivity contribution in [1.29, 1.82) is 0 Å². The Morgan fingerprint density at radius 1 is 1.10 bits per heavy atom. The van der Waals surface area contributed by atoms with Crippen molar-refractivity contribution < 1.29 is 14.3 Å². The van der Waals surface area contributed by atoms with E-state index in [1.165, 1.54) is 0 Å². The summed E-state index contributed by atoms with van der Waals surface area (Å²) < 4.78 is 10.6. The number of halogens is 1. The zero-order valence-electron chi connectivity index (χ0n) is 11.6. The number of carbonyl (C=O) groups is 1. The highest BCUT2D eigenvalue weighted by Gasteiger charge is 2.07. The normalized spacial score (nSPS) is 10.0. The average Bonchev–Trinajstić information content (AvgIpc) is 2.52. The van der Waals surface area contributed by atoms with Crippen molar-refractivity contribution in [3.05, 3.63) is 59.1 Å². The second-order valence-corrected chi connectivity index (χ2v) is 4.71. The first-order valence-electron chi connectivity index (χ1n) is 6.46. The van der Waals surface area contributed by atoms with Crippen LogP contribution in [0.2, 0.25) is 5.02 Å². The maximum absolute atomic E-state index is 11.8. The topological polar surface area (TPSA) is 47.6 Å². The average molecular weight is 306 g/mol. The minimum atomic E-state index is -0.221. The maximum Gasteiger partial charge on any atom is 0.258 e. The van der Waals surface area contributed by atoms with Crippen LogP contribution in [0.1, 0.15) is 5.56 Å². The van der Waals surface area contributed by atoms with E-state index in [0.717, 1.165) is 5.56 Å². The van der Waals surface area contributed by atoms with Gasteiger partial charge in [-0.15, -0.1) is 0 Å². The van der Waals surface area contributed by atoms with Crippen LogP contribution < -0.4 is 14.8 Å². The van der Waals surface area contributed by atoms with Crippen molar-refractivity contribution in [3.8, 4) is 11.5 Å². The highest BCUT2D eigenvalue weighted by atomic mass is 35.5. The van der Waals surface area contributed by atoms with Gasteiger partial charge >= 0.3 is 0 Å². The van der Waals surface area contributed by atoms with Gasteiger partial charge in [0.2, 0.25) is 0 Å². The highest BCUT2D eigenvalue weighted by Crippen LogP contribution is 2.25. The molecule has 0 spiro atoms. The van der Waals surface area contributed by atoms with Gasteiger partial charge < -0.3 is 14.8 Å². The van der Waals surface area contributed by atoms with Gasteiger partial charge in [-0.05, 0) is 23.8 Å². The van der Waals surface area contributed by atoms with Gasteiger partial charge in [-0.25, -0.2) is 0 Å². The number of amides is 1. The van der Waals surface area contributed by atoms with Gasteiger partial charge in [0.25, 0.3) is 5.91 Å². The molecule has 0 saturated carbocycles. The van der Waals surface area contributed by atoms with Crippen LogP contribution in [0.3, 0.4) is 0 Å². The highest BCUT2D eigenvalue weighted by molar-refractivity contribution is 6.31. The summed E-state index contributed by atoms with van der Waals surface area (Å²) in [5.74, 6) is 0.908. The number of benzene rings is 2. The van der Waals surface area contributed by atoms with Crippen molar-refractivity contribution in [3.63, 3.8) is 0 Å². The van der Waals surface area contributed by atoms with Gasteiger partial charge in [-0.2, -0.15) is 0 Å². The molecule has 4 nitrogen and oxygen atoms in total. The van der Waals surface area contributed by atoms with Crippen LogP contribution in [0.25, 0.3) is 0 Å². The lowest BCUT2D eigenvalue weighted by Crippen LogP contribution is -2.28. The van der Waals surface area contributed by atoms with Crippen LogP contribution in [0, 0.1) is 0 Å². The molecule has 0 aliphatic rings. The standard InChI is InChI=1S/C16H16ClNO3/c1-20-14-8-4-5-9-15(14)21-11-16(19)18-10-12-6-2-3-7-13(12)17/h2-9H,10-11H2,1H3,(H,18,19). The number of carbonyl (C=O) groups excluding carboxylic acids is 1. The summed E-state index contributed by atoms with van der Waals surface area (Å²) in [6.07, 6.45) is 0. The van der Waals surface area contributed by atoms with Crippen molar-refractivity contribution in [2.75, 3.05) is 13.7 Å². The lowest BCUT2D eigenvalue weighted by molar-refractivity contribution is -0.123. The van der Waals surface area contributed by atoms with E-state index >= 15 is 0 Å². The molecule has 0 aliphatic carbocycles. The molecule has 0 radical (unpaired) electrons. The molecular formula is C16H16ClNO3. The van der Waals surface area contributed by atoms with E-state index in [2.05, 4.69) is 5.32 Å². The van der Waals surface area contributed by atoms with Crippen molar-refractivity contribution in [1.82, 2.24) is 5.32 Å². The molecule has 0 fully saturated rings. The quantitative estimate of drug-likeness (QED) is 0.892. The molecule has 0 atom stereocenters. The Kier molecular flexibility index (Phi) is 5.46. The summed E-state index contributed by atoms with van der Waals surface area (Å²) >= 11 is 6.02. The molecule has 1 amide bonds. The fourth-order valence-electron chi connectivity index (χ4n) is 1.77. The van der Waals surface area contributed by atoms with Crippen molar-refractivity contribution in [2.24, 2.45) is 0 Å². The molecule has 0 aromatic heterocycles. The van der Waals surface area contributed by atoms with Gasteiger partial charge in [0.1, 0.15) is 0 Å². The third kappa shape index (κ3) is 4.39. The largest absolute Gasteiger partial charge is 0.493 e. The van der Waals surface area contributed by atoms with Crippen LogP contribution in [0.5, 0.6) is 11.5 Å². The van der Waals surface area contributed by atoms with Gasteiger partial charge in [0.05, 0.1) is 7.11 Å². The predicted octanol–water partition coefficient (Wildman–Crippen LogP) is 3.04. The van der Waals surface area contributed by atoms with E-state index in [-0.39, 0.29) is 12.5 Å². The van der Waals surface area contributed by atoms with E-state index in [1.807, 2.05) is 30.3 Å². The first-order chi connectivity index (χ1) is 10.2. The number of hydrogen-bond donors (Lipinski definition) is 1. The van der Waals surface area contributed by atoms with E-state index < -0.39 is 0 Å². The summed E-state index contributed by atoms with van der Waals surface area (Å²) in [7, 11) is 1.56. The Balaban J connectivity index is 1.84. The van der Waals surface area contributed by atoms with Gasteiger partial charge in [-0.3, -0.25) is 4.79 Å². The zero-order valence-corrected chi connectivity index (χ0v) is 12.4. The fourth-order valence-corrected chi connectivity index (χ4v) is 1.97. The second-order valence-electron chi connectivity index (χ2n) is 4.31. The molecule has 5 heteroatoms. The van der Waals surface area contributed by atoms with E-state index in [9.17, 15) is 4.79 Å². The van der Waals surface area contributed by atoms with Gasteiger partial charge in [0.15, 0.2) is 18.1 Å². The second kappa shape index (κ2) is 7.55. The number of ether oxygens (including phenoxy) is 2. The van der Waals surface area contributed by atoms with E-state index in [4.69, 9.17) is 21.1 Å². The molecule has 110 valence electrons. The smallest absolute Gasteiger partial charge is 0.258 e. The molecule has 0 saturated heterocycles. The molecule has 0 bridgehead atoms. The van der Waals surface area contributed by atoms with Crippen LogP contribution in [0.4, 0.5) is 0 Å². The van der Waals surface area contributed by atoms with Crippen LogP contribution in [-0.2, 0) is 11.3 Å². The lowest BCUT2D eigenvalue weighted by Gasteiger charge is -2.11. The Bertz CT molecular complexity index is 616. The third-order valence-electron chi connectivity index (χ3n) is 2.86. The monoisotopic (exact) mass is 305 g/mol. The van der Waals surface area contributed by atoms with Crippen molar-refractivity contribution in [2.45, 2.75) is 6.54 Å². The molecule has 0 aliphatic heterocycles. The Labute approximate surface area is 128 Å². The van der Waals surface area contributed by atoms with E-state index in [1.54, 1.807) is 25.3 Å². The molecule has 2 aromatic carbocycles.